The number of nitrogens with one attached hydrogen (secondary N) is 2. The minimum absolute atomic E-state index is 0.0815. The fourth-order valence-corrected chi connectivity index (χ4v) is 7.64. The van der Waals surface area contributed by atoms with Gasteiger partial charge in [-0.3, -0.25) is 9.59 Å². The lowest BCUT2D eigenvalue weighted by atomic mass is 9.99. The van der Waals surface area contributed by atoms with Gasteiger partial charge in [0, 0.05) is 61.7 Å². The molecule has 7 nitrogen and oxygen atoms in total. The van der Waals surface area contributed by atoms with Gasteiger partial charge in [0.2, 0.25) is 5.56 Å². The van der Waals surface area contributed by atoms with Crippen molar-refractivity contribution in [2.75, 3.05) is 36.5 Å². The number of pyridine rings is 1. The smallest absolute Gasteiger partial charge is 0.306 e. The van der Waals surface area contributed by atoms with Gasteiger partial charge in [-0.15, -0.1) is 0 Å². The molecule has 1 aromatic heterocycles. The van der Waals surface area contributed by atoms with E-state index < -0.39 is 0 Å². The van der Waals surface area contributed by atoms with Crippen LogP contribution in [0.3, 0.4) is 0 Å². The van der Waals surface area contributed by atoms with Crippen LogP contribution in [0.5, 0.6) is 0 Å². The molecule has 2 aliphatic rings. The monoisotopic (exact) mass is 613 g/mol. The summed E-state index contributed by atoms with van der Waals surface area (Å²) in [5.41, 5.74) is 4.68. The highest BCUT2D eigenvalue weighted by Crippen LogP contribution is 2.52. The largest absolute Gasteiger partial charge is 0.461 e. The lowest BCUT2D eigenvalue weighted by Crippen LogP contribution is -2.36. The van der Waals surface area contributed by atoms with Gasteiger partial charge in [0.05, 0.1) is 25.3 Å². The van der Waals surface area contributed by atoms with Gasteiger partial charge < -0.3 is 24.7 Å². The van der Waals surface area contributed by atoms with Crippen molar-refractivity contribution in [2.45, 2.75) is 52.5 Å². The first-order valence-electron chi connectivity index (χ1n) is 14.6. The van der Waals surface area contributed by atoms with Crippen LogP contribution in [-0.2, 0) is 20.9 Å². The van der Waals surface area contributed by atoms with E-state index in [0.717, 1.165) is 51.1 Å². The molecule has 2 aliphatic heterocycles. The van der Waals surface area contributed by atoms with Crippen molar-refractivity contribution in [3.63, 3.8) is 0 Å². The summed E-state index contributed by atoms with van der Waals surface area (Å²) in [6.45, 7) is 7.36. The first kappa shape index (κ1) is 29.4. The van der Waals surface area contributed by atoms with E-state index in [1.165, 1.54) is 9.79 Å². The number of carbonyl (C=O) groups is 1. The van der Waals surface area contributed by atoms with Crippen molar-refractivity contribution in [3.05, 3.63) is 94.8 Å². The molecule has 0 saturated carbocycles. The zero-order chi connectivity index (χ0) is 29.8. The number of fused-ring (bicyclic) bond motifs is 2. The van der Waals surface area contributed by atoms with Gasteiger partial charge in [-0.1, -0.05) is 72.9 Å². The Balaban J connectivity index is 1.12. The third-order valence-electron chi connectivity index (χ3n) is 7.83. The van der Waals surface area contributed by atoms with E-state index in [1.807, 2.05) is 30.3 Å². The number of hydrogen-bond acceptors (Lipinski definition) is 8. The second kappa shape index (κ2) is 13.3. The van der Waals surface area contributed by atoms with Crippen LogP contribution >= 0.6 is 23.5 Å². The molecule has 3 heterocycles. The summed E-state index contributed by atoms with van der Waals surface area (Å²) in [5.74, 6) is -0.0911. The molecule has 0 bridgehead atoms. The van der Waals surface area contributed by atoms with E-state index in [2.05, 4.69) is 71.5 Å². The Labute approximate surface area is 260 Å². The number of anilines is 2. The first-order valence-corrected chi connectivity index (χ1v) is 16.2. The average molecular weight is 614 g/mol. The molecular weight excluding hydrogens is 579 g/mol. The minimum Gasteiger partial charge on any atom is -0.461 e. The number of rotatable bonds is 9. The maximum atomic E-state index is 12.7. The third kappa shape index (κ3) is 7.12. The predicted molar refractivity (Wildman–Crippen MR) is 173 cm³/mol. The number of nitrogens with zero attached hydrogens (tertiary/aromatic N) is 1. The molecular formula is C34H35N3O4S2. The second-order valence-electron chi connectivity index (χ2n) is 11.0. The quantitative estimate of drug-likeness (QED) is 0.171. The van der Waals surface area contributed by atoms with Crippen molar-refractivity contribution >= 4 is 40.9 Å². The number of hydrogen-bond donors (Lipinski definition) is 2. The standard InChI is InChI=1S/C34H35N3O4S2/c1-22(17-33(39)41-21-24-7-4-3-5-8-24)23(2)35-25-11-12-29-31(18-25)42-30-10-6-9-27(34(30)43-29)28-19-26(20-32(38)36-28)37-13-15-40-16-14-37/h3-12,18-20,22-23,35H,13-17,21H2,1-2H3,(H,36,38)/t22-,23?/m1/s1. The van der Waals surface area contributed by atoms with Crippen LogP contribution in [0.25, 0.3) is 11.3 Å². The highest BCUT2D eigenvalue weighted by Gasteiger charge is 2.23. The van der Waals surface area contributed by atoms with Crippen LogP contribution in [0, 0.1) is 5.92 Å². The lowest BCUT2D eigenvalue weighted by molar-refractivity contribution is -0.146. The number of esters is 1. The molecule has 222 valence electrons. The molecule has 43 heavy (non-hydrogen) atoms. The second-order valence-corrected chi connectivity index (χ2v) is 13.1. The summed E-state index contributed by atoms with van der Waals surface area (Å²) in [5, 5.41) is 3.59. The SMILES string of the molecule is CC(Nc1ccc2c(c1)Sc1cccc(-c3cc(N4CCOCC4)cc(=O)[nH]3)c1S2)[C@H](C)CC(=O)OCc1ccccc1. The van der Waals surface area contributed by atoms with Crippen LogP contribution in [0.1, 0.15) is 25.8 Å². The maximum Gasteiger partial charge on any atom is 0.306 e. The average Bonchev–Trinajstić information content (AvgIpc) is 3.03. The summed E-state index contributed by atoms with van der Waals surface area (Å²) in [4.78, 5) is 35.0. The van der Waals surface area contributed by atoms with Gasteiger partial charge in [0.1, 0.15) is 6.61 Å². The van der Waals surface area contributed by atoms with Crippen molar-refractivity contribution in [3.8, 4) is 11.3 Å². The lowest BCUT2D eigenvalue weighted by Gasteiger charge is -2.29. The molecule has 9 heteroatoms. The molecule has 6 rings (SSSR count). The number of benzene rings is 3. The summed E-state index contributed by atoms with van der Waals surface area (Å²) >= 11 is 3.47. The Morgan fingerprint density at radius 1 is 0.953 bits per heavy atom. The Morgan fingerprint density at radius 3 is 2.58 bits per heavy atom. The third-order valence-corrected chi connectivity index (χ3v) is 10.4. The normalized spacial score (nSPS) is 15.6. The van der Waals surface area contributed by atoms with E-state index in [-0.39, 0.29) is 23.5 Å². The van der Waals surface area contributed by atoms with Crippen molar-refractivity contribution in [1.29, 1.82) is 0 Å². The molecule has 1 fully saturated rings. The highest BCUT2D eigenvalue weighted by molar-refractivity contribution is 8.05. The van der Waals surface area contributed by atoms with Gasteiger partial charge >= 0.3 is 5.97 Å². The maximum absolute atomic E-state index is 12.7. The Morgan fingerprint density at radius 2 is 1.77 bits per heavy atom. The number of morpholine rings is 1. The molecule has 0 spiro atoms. The van der Waals surface area contributed by atoms with Crippen LogP contribution in [0.2, 0.25) is 0 Å². The summed E-state index contributed by atoms with van der Waals surface area (Å²) in [6, 6.07) is 26.3. The van der Waals surface area contributed by atoms with Gasteiger partial charge in [-0.25, -0.2) is 0 Å². The van der Waals surface area contributed by atoms with Crippen LogP contribution in [-0.4, -0.2) is 43.3 Å². The highest BCUT2D eigenvalue weighted by atomic mass is 32.2. The molecule has 4 aromatic rings. The van der Waals surface area contributed by atoms with E-state index >= 15 is 0 Å². The number of aromatic nitrogens is 1. The molecule has 0 aliphatic carbocycles. The summed E-state index contributed by atoms with van der Waals surface area (Å²) in [6.07, 6.45) is 0.349. The van der Waals surface area contributed by atoms with Crippen molar-refractivity contribution in [1.82, 2.24) is 4.98 Å². The first-order chi connectivity index (χ1) is 20.9. The van der Waals surface area contributed by atoms with Gasteiger partial charge in [-0.05, 0) is 48.7 Å². The Hall–Kier alpha value is -3.66. The fourth-order valence-electron chi connectivity index (χ4n) is 5.22. The summed E-state index contributed by atoms with van der Waals surface area (Å²) in [7, 11) is 0. The molecule has 1 saturated heterocycles. The van der Waals surface area contributed by atoms with Crippen LogP contribution in [0.4, 0.5) is 11.4 Å². The van der Waals surface area contributed by atoms with Gasteiger partial charge in [0.25, 0.3) is 0 Å². The molecule has 3 aromatic carbocycles. The van der Waals surface area contributed by atoms with E-state index in [0.29, 0.717) is 26.2 Å². The zero-order valence-electron chi connectivity index (χ0n) is 24.3. The van der Waals surface area contributed by atoms with Crippen LogP contribution < -0.4 is 15.8 Å². The van der Waals surface area contributed by atoms with Gasteiger partial charge in [0.15, 0.2) is 0 Å². The summed E-state index contributed by atoms with van der Waals surface area (Å²) < 4.78 is 11.0. The van der Waals surface area contributed by atoms with Crippen LogP contribution in [0.15, 0.2) is 103 Å². The minimum atomic E-state index is -0.188. The predicted octanol–water partition coefficient (Wildman–Crippen LogP) is 7.06. The number of H-pyrrole nitrogens is 1. The van der Waals surface area contributed by atoms with Crippen molar-refractivity contribution in [2.24, 2.45) is 5.92 Å². The molecule has 0 amide bonds. The van der Waals surface area contributed by atoms with Gasteiger partial charge in [-0.2, -0.15) is 0 Å². The van der Waals surface area contributed by atoms with E-state index in [4.69, 9.17) is 9.47 Å². The molecule has 0 radical (unpaired) electrons. The molecule has 2 N–H and O–H groups in total. The number of carbonyl (C=O) groups excluding carboxylic acids is 1. The zero-order valence-corrected chi connectivity index (χ0v) is 25.9. The molecule has 1 unspecified atom stereocenters. The topological polar surface area (TPSA) is 83.7 Å². The molecule has 2 atom stereocenters. The van der Waals surface area contributed by atoms with Crippen molar-refractivity contribution < 1.29 is 14.3 Å². The number of ether oxygens (including phenoxy) is 2. The van der Waals surface area contributed by atoms with E-state index in [1.54, 1.807) is 29.6 Å². The fraction of sp³-hybridized carbons (Fsp3) is 0.294. The Bertz CT molecular complexity index is 1650. The number of aromatic amines is 1. The van der Waals surface area contributed by atoms with E-state index in [9.17, 15) is 9.59 Å². The Kier molecular flexibility index (Phi) is 9.11.